The number of aromatic nitrogens is 2. The molecule has 0 amide bonds. The molecule has 2 nitrogen and oxygen atoms in total. The molecule has 1 aromatic heterocycles. The molecule has 1 heterocycles. The summed E-state index contributed by atoms with van der Waals surface area (Å²) in [6.07, 6.45) is 1.35. The van der Waals surface area contributed by atoms with Crippen molar-refractivity contribution in [3.63, 3.8) is 0 Å². The third-order valence-electron chi connectivity index (χ3n) is 1.36. The van der Waals surface area contributed by atoms with Gasteiger partial charge in [-0.05, 0) is 12.5 Å². The van der Waals surface area contributed by atoms with Crippen LogP contribution in [0.4, 0.5) is 12.9 Å². The average molecular weight is 202 g/mol. The average Bonchev–Trinajstić information content (AvgIpc) is 2.08. The number of aryl methyl sites for hydroxylation is 2. The summed E-state index contributed by atoms with van der Waals surface area (Å²) in [6, 6.07) is 0. The largest absolute Gasteiger partial charge is 1.00 e. The summed E-state index contributed by atoms with van der Waals surface area (Å²) in [5.41, 5.74) is -0.562. The minimum Gasteiger partial charge on any atom is -0.444 e. The second-order valence-electron chi connectivity index (χ2n) is 2.45. The van der Waals surface area contributed by atoms with Gasteiger partial charge in [-0.3, -0.25) is 4.68 Å². The molecule has 0 fully saturated rings. The first-order valence-electron chi connectivity index (χ1n) is 3.11. The van der Waals surface area contributed by atoms with Gasteiger partial charge in [0.15, 0.2) is 0 Å². The van der Waals surface area contributed by atoms with Gasteiger partial charge >= 0.3 is 58.4 Å². The van der Waals surface area contributed by atoms with Gasteiger partial charge in [-0.1, -0.05) is 0 Å². The Morgan fingerprint density at radius 2 is 1.92 bits per heavy atom. The van der Waals surface area contributed by atoms with E-state index in [1.807, 2.05) is 0 Å². The Hall–Kier alpha value is 0.701. The van der Waals surface area contributed by atoms with Crippen molar-refractivity contribution in [1.29, 1.82) is 0 Å². The molecule has 0 unspecified atom stereocenters. The van der Waals surface area contributed by atoms with Crippen LogP contribution < -0.4 is 57.0 Å². The summed E-state index contributed by atoms with van der Waals surface area (Å²) in [6.45, 7) is -3.54. The summed E-state index contributed by atoms with van der Waals surface area (Å²) >= 11 is 0. The van der Waals surface area contributed by atoms with Crippen LogP contribution in [0.25, 0.3) is 0 Å². The third kappa shape index (κ3) is 2.88. The van der Waals surface area contributed by atoms with Gasteiger partial charge in [0.1, 0.15) is 0 Å². The van der Waals surface area contributed by atoms with Crippen LogP contribution in [0.15, 0.2) is 6.20 Å². The van der Waals surface area contributed by atoms with Crippen molar-refractivity contribution in [2.45, 2.75) is 6.92 Å². The maximum Gasteiger partial charge on any atom is 1.00 e. The summed E-state index contributed by atoms with van der Waals surface area (Å²) < 4.78 is 37.3. The molecular formula is C5H7BF3KN2. The summed E-state index contributed by atoms with van der Waals surface area (Å²) in [7, 11) is 1.47. The van der Waals surface area contributed by atoms with E-state index >= 15 is 0 Å². The van der Waals surface area contributed by atoms with Gasteiger partial charge in [-0.2, -0.15) is 0 Å². The predicted octanol–water partition coefficient (Wildman–Crippen LogP) is -2.21. The number of hydrogen-bond acceptors (Lipinski definition) is 1. The van der Waals surface area contributed by atoms with Crippen molar-refractivity contribution in [2.75, 3.05) is 0 Å². The Bertz CT molecular complexity index is 270. The molecular weight excluding hydrogens is 195 g/mol. The van der Waals surface area contributed by atoms with Crippen molar-refractivity contribution in [2.24, 2.45) is 7.05 Å². The fourth-order valence-corrected chi connectivity index (χ4v) is 0.948. The van der Waals surface area contributed by atoms with E-state index in [1.54, 1.807) is 0 Å². The van der Waals surface area contributed by atoms with Gasteiger partial charge in [0, 0.05) is 18.8 Å². The minimum absolute atomic E-state index is 0. The van der Waals surface area contributed by atoms with Crippen molar-refractivity contribution in [3.8, 4) is 0 Å². The molecule has 0 saturated heterocycles. The topological polar surface area (TPSA) is 17.8 Å². The molecule has 0 spiro atoms. The van der Waals surface area contributed by atoms with Crippen LogP contribution in [0.2, 0.25) is 0 Å². The minimum atomic E-state index is -4.94. The smallest absolute Gasteiger partial charge is 0.444 e. The first kappa shape index (κ1) is 12.7. The summed E-state index contributed by atoms with van der Waals surface area (Å²) in [5, 5.41) is 3.30. The zero-order valence-electron chi connectivity index (χ0n) is 7.18. The fraction of sp³-hybridized carbons (Fsp3) is 0.400. The Balaban J connectivity index is 0.00000121. The van der Waals surface area contributed by atoms with Gasteiger partial charge < -0.3 is 12.9 Å². The molecule has 0 saturated carbocycles. The molecule has 0 N–H and O–H groups in total. The van der Waals surface area contributed by atoms with E-state index in [2.05, 4.69) is 5.10 Å². The molecule has 12 heavy (non-hydrogen) atoms. The maximum atomic E-state index is 12.0. The van der Waals surface area contributed by atoms with Crippen LogP contribution in [0.3, 0.4) is 0 Å². The SMILES string of the molecule is Cc1cn(C)nc1[B-](F)(F)F.[K+]. The number of hydrogen-bond donors (Lipinski definition) is 0. The normalized spacial score (nSPS) is 11.1. The van der Waals surface area contributed by atoms with Gasteiger partial charge in [-0.25, -0.2) is 5.10 Å². The van der Waals surface area contributed by atoms with E-state index < -0.39 is 12.6 Å². The Kier molecular flexibility index (Phi) is 4.53. The molecule has 0 aromatic carbocycles. The predicted molar refractivity (Wildman–Crippen MR) is 36.7 cm³/mol. The van der Waals surface area contributed by atoms with Crippen molar-refractivity contribution in [1.82, 2.24) is 9.78 Å². The monoisotopic (exact) mass is 202 g/mol. The van der Waals surface area contributed by atoms with E-state index in [1.165, 1.54) is 24.9 Å². The summed E-state index contributed by atoms with van der Waals surface area (Å²) in [4.78, 5) is 0. The van der Waals surface area contributed by atoms with Crippen LogP contribution in [0.5, 0.6) is 0 Å². The summed E-state index contributed by atoms with van der Waals surface area (Å²) in [5.74, 6) is 0. The van der Waals surface area contributed by atoms with Crippen LogP contribution >= 0.6 is 0 Å². The molecule has 0 aliphatic carbocycles. The van der Waals surface area contributed by atoms with Crippen LogP contribution in [0.1, 0.15) is 5.56 Å². The molecule has 1 rings (SSSR count). The maximum absolute atomic E-state index is 12.0. The Labute approximate surface area is 111 Å². The van der Waals surface area contributed by atoms with Crippen LogP contribution in [-0.2, 0) is 7.05 Å². The van der Waals surface area contributed by atoms with E-state index in [0.717, 1.165) is 0 Å². The first-order chi connectivity index (χ1) is 4.91. The fourth-order valence-electron chi connectivity index (χ4n) is 0.948. The van der Waals surface area contributed by atoms with E-state index in [9.17, 15) is 12.9 Å². The standard InChI is InChI=1S/C5H7BF3N2.K/c1-4-3-11(2)10-5(4)6(7,8)9;/h3H,1-2H3;/q-1;+1. The Morgan fingerprint density at radius 1 is 1.42 bits per heavy atom. The third-order valence-corrected chi connectivity index (χ3v) is 1.36. The number of rotatable bonds is 1. The number of nitrogens with zero attached hydrogens (tertiary/aromatic N) is 2. The number of halogens is 3. The molecule has 0 bridgehead atoms. The van der Waals surface area contributed by atoms with Crippen molar-refractivity contribution in [3.05, 3.63) is 11.8 Å². The van der Waals surface area contributed by atoms with Crippen molar-refractivity contribution >= 4 is 12.6 Å². The van der Waals surface area contributed by atoms with Gasteiger partial charge in [-0.15, -0.1) is 0 Å². The van der Waals surface area contributed by atoms with Gasteiger partial charge in [0.25, 0.3) is 0 Å². The van der Waals surface area contributed by atoms with E-state index in [0.29, 0.717) is 0 Å². The molecule has 0 radical (unpaired) electrons. The zero-order valence-corrected chi connectivity index (χ0v) is 10.3. The molecule has 0 aliphatic rings. The first-order valence-corrected chi connectivity index (χ1v) is 3.11. The Morgan fingerprint density at radius 3 is 2.08 bits per heavy atom. The molecule has 0 atom stereocenters. The van der Waals surface area contributed by atoms with Crippen LogP contribution in [0, 0.1) is 6.92 Å². The van der Waals surface area contributed by atoms with Gasteiger partial charge in [0.2, 0.25) is 0 Å². The second kappa shape index (κ2) is 4.28. The van der Waals surface area contributed by atoms with Crippen LogP contribution in [-0.4, -0.2) is 16.8 Å². The zero-order chi connectivity index (χ0) is 8.65. The molecule has 62 valence electrons. The quantitative estimate of drug-likeness (QED) is 0.472. The van der Waals surface area contributed by atoms with E-state index in [4.69, 9.17) is 0 Å². The second-order valence-corrected chi connectivity index (χ2v) is 2.45. The molecule has 0 aliphatic heterocycles. The van der Waals surface area contributed by atoms with E-state index in [-0.39, 0.29) is 56.9 Å². The molecule has 7 heteroatoms. The molecule has 1 aromatic rings. The van der Waals surface area contributed by atoms with Crippen molar-refractivity contribution < 1.29 is 64.3 Å². The van der Waals surface area contributed by atoms with Gasteiger partial charge in [0.05, 0.1) is 0 Å².